The van der Waals surface area contributed by atoms with Gasteiger partial charge in [-0.15, -0.1) is 11.3 Å². The first kappa shape index (κ1) is 15.9. The van der Waals surface area contributed by atoms with Gasteiger partial charge in [0, 0.05) is 43.4 Å². The third kappa shape index (κ3) is 3.14. The maximum absolute atomic E-state index is 12.3. The van der Waals surface area contributed by atoms with Crippen molar-refractivity contribution in [2.24, 2.45) is 17.1 Å². The number of hydrogen-bond donors (Lipinski definition) is 1. The van der Waals surface area contributed by atoms with E-state index in [0.717, 1.165) is 50.1 Å². The number of nitrogens with two attached hydrogens (primary N) is 1. The predicted molar refractivity (Wildman–Crippen MR) is 93.0 cm³/mol. The highest BCUT2D eigenvalue weighted by atomic mass is 32.1. The Morgan fingerprint density at radius 3 is 2.92 bits per heavy atom. The van der Waals surface area contributed by atoms with Gasteiger partial charge in [0.25, 0.3) is 5.91 Å². The minimum absolute atomic E-state index is 0.180. The highest BCUT2D eigenvalue weighted by Gasteiger charge is 2.43. The van der Waals surface area contributed by atoms with Gasteiger partial charge in [-0.1, -0.05) is 0 Å². The van der Waals surface area contributed by atoms with Crippen molar-refractivity contribution in [1.29, 1.82) is 0 Å². The zero-order valence-electron chi connectivity index (χ0n) is 13.9. The number of primary amides is 1. The van der Waals surface area contributed by atoms with Crippen molar-refractivity contribution in [2.45, 2.75) is 38.5 Å². The molecular formula is C17H24N4O2S. The number of thiazole rings is 1. The molecule has 1 aromatic heterocycles. The second kappa shape index (κ2) is 6.02. The Balaban J connectivity index is 1.48. The van der Waals surface area contributed by atoms with Crippen LogP contribution in [0, 0.1) is 11.3 Å². The molecule has 2 aliphatic heterocycles. The molecule has 0 bridgehead atoms. The van der Waals surface area contributed by atoms with Crippen molar-refractivity contribution in [3.05, 3.63) is 11.1 Å². The van der Waals surface area contributed by atoms with Gasteiger partial charge in [0.15, 0.2) is 5.13 Å². The Bertz CT molecular complexity index is 657. The molecule has 2 amide bonds. The molecule has 4 rings (SSSR count). The first-order chi connectivity index (χ1) is 11.5. The molecular weight excluding hydrogens is 324 g/mol. The molecule has 1 atom stereocenters. The van der Waals surface area contributed by atoms with Crippen molar-refractivity contribution in [3.63, 3.8) is 0 Å². The minimum Gasteiger partial charge on any atom is -0.364 e. The topological polar surface area (TPSA) is 79.5 Å². The van der Waals surface area contributed by atoms with Crippen molar-refractivity contribution in [2.75, 3.05) is 31.1 Å². The first-order valence-corrected chi connectivity index (χ1v) is 9.71. The number of likely N-dealkylation sites (tertiary alicyclic amines) is 1. The van der Waals surface area contributed by atoms with Gasteiger partial charge in [-0.25, -0.2) is 4.98 Å². The third-order valence-corrected chi connectivity index (χ3v) is 6.50. The SMILES string of the molecule is NC(=O)c1csc(N2CCCC3(CCC(=O)N(CC4CC4)C3)C2)n1. The van der Waals surface area contributed by atoms with Crippen molar-refractivity contribution in [1.82, 2.24) is 9.88 Å². The minimum atomic E-state index is -0.469. The van der Waals surface area contributed by atoms with E-state index in [1.54, 1.807) is 5.38 Å². The summed E-state index contributed by atoms with van der Waals surface area (Å²) >= 11 is 1.49. The first-order valence-electron chi connectivity index (χ1n) is 8.83. The molecule has 1 unspecified atom stereocenters. The standard InChI is InChI=1S/C17H24N4O2S/c18-15(23)13-9-24-16(19-13)20-7-1-5-17(10-20)6-4-14(22)21(11-17)8-12-2-3-12/h9,12H,1-8,10-11H2,(H2,18,23). The van der Waals surface area contributed by atoms with E-state index in [1.165, 1.54) is 30.6 Å². The summed E-state index contributed by atoms with van der Waals surface area (Å²) in [4.78, 5) is 32.3. The van der Waals surface area contributed by atoms with Crippen LogP contribution in [-0.4, -0.2) is 47.9 Å². The summed E-state index contributed by atoms with van der Waals surface area (Å²) in [6, 6.07) is 0. The third-order valence-electron chi connectivity index (χ3n) is 5.60. The predicted octanol–water partition coefficient (Wildman–Crippen LogP) is 1.86. The van der Waals surface area contributed by atoms with Crippen molar-refractivity contribution in [3.8, 4) is 0 Å². The Morgan fingerprint density at radius 2 is 2.21 bits per heavy atom. The summed E-state index contributed by atoms with van der Waals surface area (Å²) < 4.78 is 0. The van der Waals surface area contributed by atoms with E-state index >= 15 is 0 Å². The lowest BCUT2D eigenvalue weighted by Crippen LogP contribution is -2.54. The number of aromatic nitrogens is 1. The molecule has 3 heterocycles. The maximum atomic E-state index is 12.3. The van der Waals surface area contributed by atoms with E-state index in [4.69, 9.17) is 5.73 Å². The van der Waals surface area contributed by atoms with Gasteiger partial charge >= 0.3 is 0 Å². The van der Waals surface area contributed by atoms with Gasteiger partial charge in [0.2, 0.25) is 5.91 Å². The highest BCUT2D eigenvalue weighted by Crippen LogP contribution is 2.42. The van der Waals surface area contributed by atoms with Crippen LogP contribution >= 0.6 is 11.3 Å². The van der Waals surface area contributed by atoms with E-state index in [0.29, 0.717) is 18.0 Å². The van der Waals surface area contributed by atoms with Crippen molar-refractivity contribution >= 4 is 28.3 Å². The summed E-state index contributed by atoms with van der Waals surface area (Å²) in [5.74, 6) is 0.596. The number of piperidine rings is 2. The summed E-state index contributed by atoms with van der Waals surface area (Å²) in [6.45, 7) is 3.72. The van der Waals surface area contributed by atoms with E-state index in [-0.39, 0.29) is 5.41 Å². The Hall–Kier alpha value is -1.63. The molecule has 6 nitrogen and oxygen atoms in total. The lowest BCUT2D eigenvalue weighted by Gasteiger charge is -2.48. The quantitative estimate of drug-likeness (QED) is 0.901. The molecule has 1 spiro atoms. The fourth-order valence-corrected chi connectivity index (χ4v) is 4.95. The molecule has 24 heavy (non-hydrogen) atoms. The second-order valence-electron chi connectivity index (χ2n) is 7.62. The molecule has 1 aliphatic carbocycles. The number of carbonyl (C=O) groups is 2. The fraction of sp³-hybridized carbons (Fsp3) is 0.706. The van der Waals surface area contributed by atoms with Crippen LogP contribution in [0.25, 0.3) is 0 Å². The number of rotatable bonds is 4. The molecule has 1 saturated carbocycles. The number of carbonyl (C=O) groups excluding carboxylic acids is 2. The van der Waals surface area contributed by atoms with Crippen LogP contribution in [0.4, 0.5) is 5.13 Å². The average Bonchev–Trinajstić information content (AvgIpc) is 3.23. The molecule has 7 heteroatoms. The Morgan fingerprint density at radius 1 is 1.38 bits per heavy atom. The Labute approximate surface area is 146 Å². The number of hydrogen-bond acceptors (Lipinski definition) is 5. The van der Waals surface area contributed by atoms with E-state index in [2.05, 4.69) is 14.8 Å². The second-order valence-corrected chi connectivity index (χ2v) is 8.46. The summed E-state index contributed by atoms with van der Waals surface area (Å²) in [6.07, 6.45) is 6.47. The molecule has 130 valence electrons. The maximum Gasteiger partial charge on any atom is 0.268 e. The van der Waals surface area contributed by atoms with Gasteiger partial charge in [0.1, 0.15) is 5.69 Å². The molecule has 3 aliphatic rings. The van der Waals surface area contributed by atoms with Gasteiger partial charge in [-0.2, -0.15) is 0 Å². The molecule has 0 radical (unpaired) electrons. The largest absolute Gasteiger partial charge is 0.364 e. The van der Waals surface area contributed by atoms with Crippen LogP contribution < -0.4 is 10.6 Å². The van der Waals surface area contributed by atoms with Crippen LogP contribution in [0.2, 0.25) is 0 Å². The normalized spacial score (nSPS) is 27.8. The van der Waals surface area contributed by atoms with Crippen LogP contribution in [0.5, 0.6) is 0 Å². The van der Waals surface area contributed by atoms with Gasteiger partial charge in [-0.05, 0) is 38.0 Å². The van der Waals surface area contributed by atoms with Crippen LogP contribution in [0.15, 0.2) is 5.38 Å². The van der Waals surface area contributed by atoms with Gasteiger partial charge in [0.05, 0.1) is 0 Å². The summed E-state index contributed by atoms with van der Waals surface area (Å²) in [7, 11) is 0. The highest BCUT2D eigenvalue weighted by molar-refractivity contribution is 7.13. The number of amides is 2. The smallest absolute Gasteiger partial charge is 0.268 e. The Kier molecular flexibility index (Phi) is 3.98. The van der Waals surface area contributed by atoms with Crippen LogP contribution in [-0.2, 0) is 4.79 Å². The van der Waals surface area contributed by atoms with E-state index < -0.39 is 5.91 Å². The van der Waals surface area contributed by atoms with E-state index in [9.17, 15) is 9.59 Å². The fourth-order valence-electron chi connectivity index (χ4n) is 4.11. The summed E-state index contributed by atoms with van der Waals surface area (Å²) in [5.41, 5.74) is 5.85. The number of anilines is 1. The zero-order valence-corrected chi connectivity index (χ0v) is 14.7. The molecule has 2 N–H and O–H groups in total. The molecule has 2 saturated heterocycles. The van der Waals surface area contributed by atoms with Gasteiger partial charge in [-0.3, -0.25) is 9.59 Å². The average molecular weight is 348 g/mol. The molecule has 1 aromatic rings. The van der Waals surface area contributed by atoms with Crippen LogP contribution in [0.1, 0.15) is 49.0 Å². The van der Waals surface area contributed by atoms with Crippen molar-refractivity contribution < 1.29 is 9.59 Å². The lowest BCUT2D eigenvalue weighted by atomic mass is 9.73. The molecule has 3 fully saturated rings. The molecule has 0 aromatic carbocycles. The van der Waals surface area contributed by atoms with E-state index in [1.807, 2.05) is 0 Å². The van der Waals surface area contributed by atoms with Crippen LogP contribution in [0.3, 0.4) is 0 Å². The van der Waals surface area contributed by atoms with Gasteiger partial charge < -0.3 is 15.5 Å². The monoisotopic (exact) mass is 348 g/mol. The zero-order chi connectivity index (χ0) is 16.7. The lowest BCUT2D eigenvalue weighted by molar-refractivity contribution is -0.138. The summed E-state index contributed by atoms with van der Waals surface area (Å²) in [5, 5.41) is 2.62. The number of nitrogens with zero attached hydrogens (tertiary/aromatic N) is 3.